The van der Waals surface area contributed by atoms with E-state index in [0.29, 0.717) is 67.3 Å². The lowest BCUT2D eigenvalue weighted by Crippen LogP contribution is -2.64. The average molecular weight is 963 g/mol. The number of para-hydroxylation sites is 1. The van der Waals surface area contributed by atoms with Crippen LogP contribution in [0.1, 0.15) is 124 Å². The van der Waals surface area contributed by atoms with Crippen LogP contribution in [0.25, 0.3) is 21.3 Å². The molecule has 1 amide bonds. The Bertz CT molecular complexity index is 2830. The molecule has 2 aromatic carbocycles. The molecule has 5 fully saturated rings. The van der Waals surface area contributed by atoms with E-state index in [9.17, 15) is 18.0 Å². The van der Waals surface area contributed by atoms with Crippen LogP contribution in [0.3, 0.4) is 0 Å². The maximum atomic E-state index is 14.2. The van der Waals surface area contributed by atoms with Crippen LogP contribution in [-0.2, 0) is 39.0 Å². The van der Waals surface area contributed by atoms with Crippen molar-refractivity contribution in [1.82, 2.24) is 29.4 Å². The number of ether oxygens (including phenoxy) is 2. The number of amides is 1. The highest BCUT2D eigenvalue weighted by Crippen LogP contribution is 2.72. The van der Waals surface area contributed by atoms with Crippen molar-refractivity contribution in [2.45, 2.75) is 130 Å². The molecule has 2 N–H and O–H groups in total. The number of nitrogens with zero attached hydrogens (tertiary/aromatic N) is 6. The minimum atomic E-state index is -3.15. The minimum Gasteiger partial charge on any atom is -0.455 e. The normalized spacial score (nSPS) is 26.3. The Hall–Kier alpha value is -4.74. The van der Waals surface area contributed by atoms with Gasteiger partial charge in [-0.3, -0.25) is 14.8 Å². The van der Waals surface area contributed by atoms with Crippen LogP contribution in [0.4, 0.5) is 10.9 Å². The first-order valence-corrected chi connectivity index (χ1v) is 27.0. The smallest absolute Gasteiger partial charge is 0.358 e. The number of benzene rings is 2. The number of carbonyl (C=O) groups excluding carboxylic acids is 2. The van der Waals surface area contributed by atoms with Crippen LogP contribution in [0.2, 0.25) is 0 Å². The highest BCUT2D eigenvalue weighted by Gasteiger charge is 2.66. The molecule has 2 unspecified atom stereocenters. The van der Waals surface area contributed by atoms with Crippen LogP contribution in [0, 0.1) is 23.2 Å². The lowest BCUT2D eigenvalue weighted by atomic mass is 9.39. The molecule has 11 rings (SSSR count). The van der Waals surface area contributed by atoms with Crippen molar-refractivity contribution in [2.24, 2.45) is 16.2 Å². The van der Waals surface area contributed by atoms with Gasteiger partial charge < -0.3 is 19.7 Å². The van der Waals surface area contributed by atoms with Gasteiger partial charge in [0.25, 0.3) is 5.91 Å². The van der Waals surface area contributed by atoms with E-state index >= 15 is 0 Å². The zero-order valence-electron chi connectivity index (χ0n) is 40.6. The Morgan fingerprint density at radius 1 is 0.897 bits per heavy atom. The number of hydrogen-bond acceptors (Lipinski definition) is 12. The molecule has 68 heavy (non-hydrogen) atoms. The van der Waals surface area contributed by atoms with Gasteiger partial charge in [-0.05, 0) is 143 Å². The topological polar surface area (TPSA) is 161 Å². The number of rotatable bonds is 13. The number of fused-ring (bicyclic) bond motifs is 2. The lowest BCUT2D eigenvalue weighted by Gasteiger charge is -2.69. The molecule has 1 saturated heterocycles. The van der Waals surface area contributed by atoms with E-state index in [-0.39, 0.29) is 33.4 Å². The van der Waals surface area contributed by atoms with E-state index in [2.05, 4.69) is 52.0 Å². The van der Waals surface area contributed by atoms with Crippen molar-refractivity contribution in [2.75, 3.05) is 49.3 Å². The number of thiazole rings is 1. The Balaban J connectivity index is 0.873. The Kier molecular flexibility index (Phi) is 11.9. The molecular weight excluding hydrogens is 897 g/mol. The first kappa shape index (κ1) is 47.0. The summed E-state index contributed by atoms with van der Waals surface area (Å²) in [5.74, 6) is -0.0633. The van der Waals surface area contributed by atoms with Gasteiger partial charge in [0.2, 0.25) is 10.0 Å². The zero-order valence-corrected chi connectivity index (χ0v) is 42.2. The fourth-order valence-electron chi connectivity index (χ4n) is 13.7. The molecule has 0 radical (unpaired) electrons. The molecule has 362 valence electrons. The van der Waals surface area contributed by atoms with Crippen molar-refractivity contribution in [3.8, 4) is 11.1 Å². The van der Waals surface area contributed by atoms with Crippen LogP contribution in [0.15, 0.2) is 60.8 Å². The van der Waals surface area contributed by atoms with Crippen molar-refractivity contribution < 1.29 is 27.5 Å². The summed E-state index contributed by atoms with van der Waals surface area (Å²) < 4.78 is 41.9. The van der Waals surface area contributed by atoms with E-state index in [1.54, 1.807) is 4.31 Å². The van der Waals surface area contributed by atoms with E-state index in [1.807, 2.05) is 75.5 Å². The Labute approximate surface area is 404 Å². The predicted molar refractivity (Wildman–Crippen MR) is 267 cm³/mol. The van der Waals surface area contributed by atoms with E-state index < -0.39 is 21.6 Å². The molecule has 0 spiro atoms. The number of aromatic nitrogens is 4. The SMILES string of the molecule is Cc1c(-c2ccc(N3CCc4cccc(C(=O)Nc5nc6ccccc6s5)c4C3)nc2C(=O)OC(C)(C)C)cnn1C[C@]12CC3(C)CC(C)(C1)C[C@](OCCNC1CCN(S(C)(=O)=O)CC1)(C3)C2. The molecule has 4 saturated carbocycles. The lowest BCUT2D eigenvalue weighted by molar-refractivity contribution is -0.247. The minimum absolute atomic E-state index is 0.00298. The second-order valence-electron chi connectivity index (χ2n) is 22.5. The Morgan fingerprint density at radius 2 is 1.65 bits per heavy atom. The third-order valence-electron chi connectivity index (χ3n) is 15.2. The standard InChI is InChI=1S/C52H66N8O6S2/c1-34-39(25-54-60(34)33-51-28-49(5)27-50(6,29-51)31-52(30-49,32-51)65-24-20-53-36-18-22-59(23-19-36)68(7,63)64)37-15-16-43(56-44(37)46(62)66-48(2,3)4)58-21-17-35-11-10-12-38(40(35)26-58)45(61)57-47-55-41-13-8-9-14-42(41)67-47/h8-16,25,36,53H,17-24,26-33H2,1-7H3,(H,55,57,61)/t49?,50?,51-,52-. The molecule has 5 aromatic rings. The summed E-state index contributed by atoms with van der Waals surface area (Å²) >= 11 is 1.45. The van der Waals surface area contributed by atoms with Gasteiger partial charge in [0.05, 0.1) is 34.9 Å². The van der Waals surface area contributed by atoms with Crippen molar-refractivity contribution in [3.63, 3.8) is 0 Å². The molecule has 14 nitrogen and oxygen atoms in total. The van der Waals surface area contributed by atoms with Crippen LogP contribution in [0.5, 0.6) is 0 Å². The molecule has 2 aliphatic heterocycles. The molecule has 3 aromatic heterocycles. The first-order valence-electron chi connectivity index (χ1n) is 24.3. The maximum absolute atomic E-state index is 14.2. The highest BCUT2D eigenvalue weighted by atomic mass is 32.2. The molecule has 16 heteroatoms. The Morgan fingerprint density at radius 3 is 2.37 bits per heavy atom. The van der Waals surface area contributed by atoms with Crippen molar-refractivity contribution in [1.29, 1.82) is 0 Å². The second-order valence-corrected chi connectivity index (χ2v) is 25.5. The highest BCUT2D eigenvalue weighted by molar-refractivity contribution is 7.88. The fourth-order valence-corrected chi connectivity index (χ4v) is 15.4. The molecule has 4 bridgehead atoms. The fraction of sp³-hybridized carbons (Fsp3) is 0.558. The summed E-state index contributed by atoms with van der Waals surface area (Å²) in [6.07, 6.45) is 12.1. The van der Waals surface area contributed by atoms with E-state index in [0.717, 1.165) is 90.6 Å². The van der Waals surface area contributed by atoms with Gasteiger partial charge in [-0.25, -0.2) is 27.5 Å². The van der Waals surface area contributed by atoms with Gasteiger partial charge in [-0.15, -0.1) is 0 Å². The summed E-state index contributed by atoms with van der Waals surface area (Å²) in [7, 11) is -3.15. The summed E-state index contributed by atoms with van der Waals surface area (Å²) in [5.41, 5.74) is 5.63. The molecule has 6 aliphatic rings. The number of piperidine rings is 1. The van der Waals surface area contributed by atoms with Crippen molar-refractivity contribution in [3.05, 3.63) is 88.9 Å². The number of carbonyl (C=O) groups is 2. The monoisotopic (exact) mass is 962 g/mol. The summed E-state index contributed by atoms with van der Waals surface area (Å²) in [4.78, 5) is 39.9. The molecule has 2 atom stereocenters. The van der Waals surface area contributed by atoms with Crippen LogP contribution < -0.4 is 15.5 Å². The van der Waals surface area contributed by atoms with Gasteiger partial charge in [0.1, 0.15) is 11.4 Å². The largest absolute Gasteiger partial charge is 0.455 e. The summed E-state index contributed by atoms with van der Waals surface area (Å²) in [6.45, 7) is 17.0. The van der Waals surface area contributed by atoms with Gasteiger partial charge in [0, 0.05) is 67.7 Å². The van der Waals surface area contributed by atoms with E-state index in [4.69, 9.17) is 19.6 Å². The summed E-state index contributed by atoms with van der Waals surface area (Å²) in [5, 5.41) is 12.3. The van der Waals surface area contributed by atoms with Crippen molar-refractivity contribution >= 4 is 54.4 Å². The zero-order chi connectivity index (χ0) is 47.9. The number of sulfonamides is 1. The van der Waals surface area contributed by atoms with Gasteiger partial charge in [0.15, 0.2) is 10.8 Å². The number of nitrogens with one attached hydrogen (secondary N) is 2. The average Bonchev–Trinajstić information content (AvgIpc) is 3.83. The van der Waals surface area contributed by atoms with E-state index in [1.165, 1.54) is 24.0 Å². The summed E-state index contributed by atoms with van der Waals surface area (Å²) in [6, 6.07) is 18.0. The number of anilines is 2. The van der Waals surface area contributed by atoms with Crippen LogP contribution >= 0.6 is 11.3 Å². The predicted octanol–water partition coefficient (Wildman–Crippen LogP) is 8.78. The first-order chi connectivity index (χ1) is 32.2. The number of esters is 1. The molecule has 4 aliphatic carbocycles. The van der Waals surface area contributed by atoms with Crippen LogP contribution in [-0.4, -0.2) is 101 Å². The molecular formula is C52H66N8O6S2. The van der Waals surface area contributed by atoms with Gasteiger partial charge in [-0.2, -0.15) is 5.10 Å². The maximum Gasteiger partial charge on any atom is 0.358 e. The molecule has 5 heterocycles. The van der Waals surface area contributed by atoms with Gasteiger partial charge in [-0.1, -0.05) is 49.4 Å². The third kappa shape index (κ3) is 9.47. The third-order valence-corrected chi connectivity index (χ3v) is 17.5. The quantitative estimate of drug-likeness (QED) is 0.0858. The van der Waals surface area contributed by atoms with Gasteiger partial charge >= 0.3 is 5.97 Å². The number of hydrogen-bond donors (Lipinski definition) is 2. The number of pyridine rings is 1. The second kappa shape index (κ2) is 17.3.